The van der Waals surface area contributed by atoms with Crippen molar-refractivity contribution in [2.45, 2.75) is 13.1 Å². The van der Waals surface area contributed by atoms with Crippen LogP contribution in [0.25, 0.3) is 0 Å². The van der Waals surface area contributed by atoms with Crippen LogP contribution in [0, 0.1) is 0 Å². The first-order valence-electron chi connectivity index (χ1n) is 5.85. The minimum atomic E-state index is 0.00282. The van der Waals surface area contributed by atoms with Gasteiger partial charge in [-0.05, 0) is 18.7 Å². The molecule has 0 unspecified atom stereocenters. The van der Waals surface area contributed by atoms with E-state index in [4.69, 9.17) is 10.5 Å². The highest BCUT2D eigenvalue weighted by atomic mass is 16.5. The van der Waals surface area contributed by atoms with E-state index in [0.717, 1.165) is 16.9 Å². The van der Waals surface area contributed by atoms with E-state index in [-0.39, 0.29) is 5.91 Å². The Bertz CT molecular complexity index is 407. The fourth-order valence-electron chi connectivity index (χ4n) is 1.75. The molecule has 0 heterocycles. The summed E-state index contributed by atoms with van der Waals surface area (Å²) in [6.45, 7) is 1.52. The zero-order chi connectivity index (χ0) is 13.5. The lowest BCUT2D eigenvalue weighted by Crippen LogP contribution is -2.32. The highest BCUT2D eigenvalue weighted by Gasteiger charge is 2.07. The van der Waals surface area contributed by atoms with Crippen LogP contribution < -0.4 is 15.8 Å². The van der Waals surface area contributed by atoms with Crippen LogP contribution in [0.3, 0.4) is 0 Å². The molecule has 3 N–H and O–H groups in total. The van der Waals surface area contributed by atoms with Crippen LogP contribution in [-0.4, -0.2) is 38.6 Å². The molecular formula is C13H21N3O2. The molecule has 0 fully saturated rings. The standard InChI is InChI=1S/C13H21N3O2/c1-15-13(17)9-16(2)8-10-4-5-11(7-14)12(6-10)18-3/h4-6H,7-9,14H2,1-3H3,(H,15,17). The molecule has 100 valence electrons. The number of likely N-dealkylation sites (N-methyl/N-ethyl adjacent to an activating group) is 2. The van der Waals surface area contributed by atoms with Gasteiger partial charge in [-0.15, -0.1) is 0 Å². The number of benzene rings is 1. The highest BCUT2D eigenvalue weighted by molar-refractivity contribution is 5.77. The van der Waals surface area contributed by atoms with Crippen LogP contribution in [0.2, 0.25) is 0 Å². The number of ether oxygens (including phenoxy) is 1. The van der Waals surface area contributed by atoms with Crippen molar-refractivity contribution in [1.82, 2.24) is 10.2 Å². The van der Waals surface area contributed by atoms with Crippen molar-refractivity contribution in [2.24, 2.45) is 5.73 Å². The molecule has 0 spiro atoms. The molecule has 1 aromatic rings. The number of carbonyl (C=O) groups is 1. The van der Waals surface area contributed by atoms with Gasteiger partial charge in [-0.3, -0.25) is 9.69 Å². The molecule has 1 amide bonds. The molecule has 5 nitrogen and oxygen atoms in total. The van der Waals surface area contributed by atoms with Gasteiger partial charge in [0, 0.05) is 25.7 Å². The van der Waals surface area contributed by atoms with E-state index in [0.29, 0.717) is 19.6 Å². The Hall–Kier alpha value is -1.59. The van der Waals surface area contributed by atoms with Gasteiger partial charge in [-0.25, -0.2) is 0 Å². The molecule has 0 radical (unpaired) electrons. The Balaban J connectivity index is 2.70. The van der Waals surface area contributed by atoms with Gasteiger partial charge in [0.25, 0.3) is 0 Å². The number of rotatable bonds is 6. The smallest absolute Gasteiger partial charge is 0.233 e. The second-order valence-corrected chi connectivity index (χ2v) is 4.20. The molecule has 18 heavy (non-hydrogen) atoms. The Morgan fingerprint density at radius 3 is 2.78 bits per heavy atom. The lowest BCUT2D eigenvalue weighted by Gasteiger charge is -2.16. The van der Waals surface area contributed by atoms with E-state index in [1.54, 1.807) is 14.2 Å². The predicted molar refractivity (Wildman–Crippen MR) is 71.3 cm³/mol. The van der Waals surface area contributed by atoms with Gasteiger partial charge < -0.3 is 15.8 Å². The molecule has 1 aromatic carbocycles. The number of hydrogen-bond donors (Lipinski definition) is 2. The third-order valence-electron chi connectivity index (χ3n) is 2.72. The van der Waals surface area contributed by atoms with Gasteiger partial charge >= 0.3 is 0 Å². The minimum absolute atomic E-state index is 0.00282. The zero-order valence-corrected chi connectivity index (χ0v) is 11.2. The van der Waals surface area contributed by atoms with Gasteiger partial charge in [0.2, 0.25) is 5.91 Å². The second-order valence-electron chi connectivity index (χ2n) is 4.20. The minimum Gasteiger partial charge on any atom is -0.496 e. The maximum atomic E-state index is 11.2. The quantitative estimate of drug-likeness (QED) is 0.764. The summed E-state index contributed by atoms with van der Waals surface area (Å²) in [4.78, 5) is 13.2. The lowest BCUT2D eigenvalue weighted by atomic mass is 10.1. The second kappa shape index (κ2) is 6.98. The number of nitrogens with one attached hydrogen (secondary N) is 1. The van der Waals surface area contributed by atoms with Crippen molar-refractivity contribution in [3.05, 3.63) is 29.3 Å². The average Bonchev–Trinajstić information content (AvgIpc) is 2.38. The van der Waals surface area contributed by atoms with Crippen LogP contribution in [0.1, 0.15) is 11.1 Å². The van der Waals surface area contributed by atoms with Crippen LogP contribution in [0.4, 0.5) is 0 Å². The van der Waals surface area contributed by atoms with E-state index in [1.807, 2.05) is 30.1 Å². The fourth-order valence-corrected chi connectivity index (χ4v) is 1.75. The maximum absolute atomic E-state index is 11.2. The molecule has 1 rings (SSSR count). The van der Waals surface area contributed by atoms with Gasteiger partial charge in [-0.1, -0.05) is 12.1 Å². The summed E-state index contributed by atoms with van der Waals surface area (Å²) in [5.41, 5.74) is 7.69. The maximum Gasteiger partial charge on any atom is 0.233 e. The summed E-state index contributed by atoms with van der Waals surface area (Å²) in [5, 5.41) is 2.60. The van der Waals surface area contributed by atoms with Crippen molar-refractivity contribution in [3.8, 4) is 5.75 Å². The molecule has 0 aromatic heterocycles. The van der Waals surface area contributed by atoms with E-state index in [9.17, 15) is 4.79 Å². The first-order valence-corrected chi connectivity index (χ1v) is 5.85. The average molecular weight is 251 g/mol. The Morgan fingerprint density at radius 2 is 2.22 bits per heavy atom. The molecule has 0 aliphatic carbocycles. The Kier molecular flexibility index (Phi) is 5.61. The topological polar surface area (TPSA) is 67.6 Å². The first-order chi connectivity index (χ1) is 8.60. The number of amides is 1. The number of nitrogens with zero attached hydrogens (tertiary/aromatic N) is 1. The summed E-state index contributed by atoms with van der Waals surface area (Å²) in [7, 11) is 5.17. The van der Waals surface area contributed by atoms with E-state index >= 15 is 0 Å². The predicted octanol–water partition coefficient (Wildman–Crippen LogP) is 0.332. The SMILES string of the molecule is CNC(=O)CN(C)Cc1ccc(CN)c(OC)c1. The molecular weight excluding hydrogens is 230 g/mol. The van der Waals surface area contributed by atoms with Crippen molar-refractivity contribution in [1.29, 1.82) is 0 Å². The van der Waals surface area contributed by atoms with Gasteiger partial charge in [0.15, 0.2) is 0 Å². The Morgan fingerprint density at radius 1 is 1.50 bits per heavy atom. The van der Waals surface area contributed by atoms with E-state index < -0.39 is 0 Å². The highest BCUT2D eigenvalue weighted by Crippen LogP contribution is 2.20. The molecule has 0 saturated carbocycles. The largest absolute Gasteiger partial charge is 0.496 e. The van der Waals surface area contributed by atoms with Crippen molar-refractivity contribution >= 4 is 5.91 Å². The molecule has 0 aliphatic heterocycles. The van der Waals surface area contributed by atoms with E-state index in [2.05, 4.69) is 5.32 Å². The summed E-state index contributed by atoms with van der Waals surface area (Å²) in [6, 6.07) is 5.93. The third kappa shape index (κ3) is 4.01. The number of carbonyl (C=O) groups excluding carboxylic acids is 1. The molecule has 0 aliphatic rings. The van der Waals surface area contributed by atoms with Crippen molar-refractivity contribution in [2.75, 3.05) is 27.7 Å². The summed E-state index contributed by atoms with van der Waals surface area (Å²) in [6.07, 6.45) is 0. The molecule has 5 heteroatoms. The third-order valence-corrected chi connectivity index (χ3v) is 2.72. The fraction of sp³-hybridized carbons (Fsp3) is 0.462. The number of nitrogens with two attached hydrogens (primary N) is 1. The molecule has 0 bridgehead atoms. The molecule has 0 atom stereocenters. The summed E-state index contributed by atoms with van der Waals surface area (Å²) < 4.78 is 5.28. The van der Waals surface area contributed by atoms with Crippen molar-refractivity contribution < 1.29 is 9.53 Å². The van der Waals surface area contributed by atoms with Crippen LogP contribution >= 0.6 is 0 Å². The van der Waals surface area contributed by atoms with Gasteiger partial charge in [-0.2, -0.15) is 0 Å². The summed E-state index contributed by atoms with van der Waals surface area (Å²) in [5.74, 6) is 0.798. The monoisotopic (exact) mass is 251 g/mol. The number of hydrogen-bond acceptors (Lipinski definition) is 4. The molecule has 0 saturated heterocycles. The van der Waals surface area contributed by atoms with Crippen LogP contribution in [0.5, 0.6) is 5.75 Å². The van der Waals surface area contributed by atoms with Crippen LogP contribution in [-0.2, 0) is 17.9 Å². The zero-order valence-electron chi connectivity index (χ0n) is 11.2. The Labute approximate surface area is 108 Å². The normalized spacial score (nSPS) is 10.5. The van der Waals surface area contributed by atoms with Gasteiger partial charge in [0.1, 0.15) is 5.75 Å². The van der Waals surface area contributed by atoms with Crippen molar-refractivity contribution in [3.63, 3.8) is 0 Å². The van der Waals surface area contributed by atoms with Gasteiger partial charge in [0.05, 0.1) is 13.7 Å². The first kappa shape index (κ1) is 14.5. The lowest BCUT2D eigenvalue weighted by molar-refractivity contribution is -0.121. The van der Waals surface area contributed by atoms with E-state index in [1.165, 1.54) is 0 Å². The van der Waals surface area contributed by atoms with Crippen LogP contribution in [0.15, 0.2) is 18.2 Å². The number of methoxy groups -OCH3 is 1. The summed E-state index contributed by atoms with van der Waals surface area (Å²) >= 11 is 0.